The van der Waals surface area contributed by atoms with E-state index in [0.29, 0.717) is 19.4 Å². The maximum Gasteiger partial charge on any atom is 0.306 e. The van der Waals surface area contributed by atoms with Crippen molar-refractivity contribution >= 4 is 11.9 Å². The summed E-state index contributed by atoms with van der Waals surface area (Å²) >= 11 is 0. The van der Waals surface area contributed by atoms with Crippen molar-refractivity contribution in [1.29, 1.82) is 0 Å². The monoisotopic (exact) mass is 290 g/mol. The highest BCUT2D eigenvalue weighted by molar-refractivity contribution is 5.83. The number of fused-ring (bicyclic) bond motifs is 1. The Bertz CT molecular complexity index is 516. The van der Waals surface area contributed by atoms with E-state index in [4.69, 9.17) is 5.11 Å². The lowest BCUT2D eigenvalue weighted by molar-refractivity contribution is -0.141. The van der Waals surface area contributed by atoms with E-state index in [-0.39, 0.29) is 17.9 Å². The van der Waals surface area contributed by atoms with Crippen LogP contribution in [0.4, 0.5) is 0 Å². The summed E-state index contributed by atoms with van der Waals surface area (Å²) < 4.78 is 0. The number of carbonyl (C=O) groups excluding carboxylic acids is 1. The zero-order chi connectivity index (χ0) is 15.2. The molecule has 0 aliphatic carbocycles. The highest BCUT2D eigenvalue weighted by atomic mass is 16.4. The van der Waals surface area contributed by atoms with E-state index in [0.717, 1.165) is 18.5 Å². The van der Waals surface area contributed by atoms with Gasteiger partial charge in [0, 0.05) is 13.1 Å². The second-order valence-electron chi connectivity index (χ2n) is 5.51. The summed E-state index contributed by atoms with van der Waals surface area (Å²) in [5.41, 5.74) is 2.26. The van der Waals surface area contributed by atoms with Gasteiger partial charge in [-0.3, -0.25) is 9.59 Å². The number of benzene rings is 1. The number of carboxylic acids is 1. The number of carboxylic acid groups (broad SMARTS) is 1. The number of aliphatic carboxylic acids is 1. The summed E-state index contributed by atoms with van der Waals surface area (Å²) in [4.78, 5) is 23.0. The molecule has 1 amide bonds. The molecular formula is C16H22N2O3. The molecule has 3 N–H and O–H groups in total. The summed E-state index contributed by atoms with van der Waals surface area (Å²) in [6.45, 7) is 2.99. The molecule has 1 aliphatic heterocycles. The molecule has 21 heavy (non-hydrogen) atoms. The molecule has 0 fully saturated rings. The van der Waals surface area contributed by atoms with E-state index in [2.05, 4.69) is 16.7 Å². The second-order valence-corrected chi connectivity index (χ2v) is 5.51. The first-order chi connectivity index (χ1) is 10.1. The van der Waals surface area contributed by atoms with Gasteiger partial charge in [-0.25, -0.2) is 0 Å². The minimum atomic E-state index is -0.788. The van der Waals surface area contributed by atoms with E-state index >= 15 is 0 Å². The molecule has 114 valence electrons. The van der Waals surface area contributed by atoms with Crippen LogP contribution < -0.4 is 10.6 Å². The highest BCUT2D eigenvalue weighted by Gasteiger charge is 2.25. The standard InChI is InChI=1S/C16H22N2O3/c1-11(16(20)21)5-4-9-18-15(19)14-13-7-3-2-6-12(13)8-10-17-14/h2-3,6-7,11,14,17H,4-5,8-10H2,1H3,(H,18,19)(H,20,21). The van der Waals surface area contributed by atoms with Gasteiger partial charge in [-0.1, -0.05) is 31.2 Å². The lowest BCUT2D eigenvalue weighted by Gasteiger charge is -2.26. The lowest BCUT2D eigenvalue weighted by Crippen LogP contribution is -2.41. The average Bonchev–Trinajstić information content (AvgIpc) is 2.50. The van der Waals surface area contributed by atoms with Gasteiger partial charge in [0.05, 0.1) is 5.92 Å². The molecule has 1 aromatic carbocycles. The molecule has 0 spiro atoms. The van der Waals surface area contributed by atoms with Crippen LogP contribution in [0.5, 0.6) is 0 Å². The molecule has 0 saturated heterocycles. The van der Waals surface area contributed by atoms with Crippen molar-refractivity contribution in [2.45, 2.75) is 32.2 Å². The molecule has 1 heterocycles. The molecule has 0 saturated carbocycles. The van der Waals surface area contributed by atoms with Gasteiger partial charge < -0.3 is 15.7 Å². The van der Waals surface area contributed by atoms with Crippen LogP contribution in [0.1, 0.15) is 36.9 Å². The first kappa shape index (κ1) is 15.5. The molecule has 0 radical (unpaired) electrons. The lowest BCUT2D eigenvalue weighted by atomic mass is 9.94. The van der Waals surface area contributed by atoms with Crippen LogP contribution in [0, 0.1) is 5.92 Å². The van der Waals surface area contributed by atoms with Gasteiger partial charge in [0.2, 0.25) is 5.91 Å². The molecule has 2 unspecified atom stereocenters. The van der Waals surface area contributed by atoms with E-state index < -0.39 is 5.97 Å². The van der Waals surface area contributed by atoms with Crippen molar-refractivity contribution in [2.75, 3.05) is 13.1 Å². The molecular weight excluding hydrogens is 268 g/mol. The van der Waals surface area contributed by atoms with Crippen molar-refractivity contribution in [2.24, 2.45) is 5.92 Å². The Morgan fingerprint density at radius 3 is 2.95 bits per heavy atom. The molecule has 1 aliphatic rings. The van der Waals surface area contributed by atoms with Gasteiger partial charge in [-0.15, -0.1) is 0 Å². The quantitative estimate of drug-likeness (QED) is 0.694. The molecule has 2 atom stereocenters. The Hall–Kier alpha value is -1.88. The van der Waals surface area contributed by atoms with Crippen molar-refractivity contribution in [3.8, 4) is 0 Å². The maximum atomic E-state index is 12.2. The third-order valence-electron chi connectivity index (χ3n) is 3.91. The van der Waals surface area contributed by atoms with Crippen LogP contribution in [0.3, 0.4) is 0 Å². The predicted molar refractivity (Wildman–Crippen MR) is 79.9 cm³/mol. The van der Waals surface area contributed by atoms with Crippen LogP contribution in [0.25, 0.3) is 0 Å². The number of amides is 1. The number of hydrogen-bond acceptors (Lipinski definition) is 3. The molecule has 0 bridgehead atoms. The van der Waals surface area contributed by atoms with Gasteiger partial charge in [0.15, 0.2) is 0 Å². The summed E-state index contributed by atoms with van der Waals surface area (Å²) in [5.74, 6) is -1.19. The normalized spacial score (nSPS) is 18.6. The largest absolute Gasteiger partial charge is 0.481 e. The molecule has 0 aromatic heterocycles. The fourth-order valence-electron chi connectivity index (χ4n) is 2.58. The Balaban J connectivity index is 1.83. The van der Waals surface area contributed by atoms with Gasteiger partial charge in [-0.2, -0.15) is 0 Å². The Labute approximate surface area is 124 Å². The zero-order valence-corrected chi connectivity index (χ0v) is 12.3. The Morgan fingerprint density at radius 1 is 1.43 bits per heavy atom. The minimum absolute atomic E-state index is 0.0369. The number of rotatable bonds is 6. The first-order valence-corrected chi connectivity index (χ1v) is 7.41. The summed E-state index contributed by atoms with van der Waals surface area (Å²) in [5, 5.41) is 14.9. The van der Waals surface area contributed by atoms with Gasteiger partial charge >= 0.3 is 5.97 Å². The van der Waals surface area contributed by atoms with Crippen LogP contribution in [-0.2, 0) is 16.0 Å². The summed E-state index contributed by atoms with van der Waals surface area (Å²) in [6, 6.07) is 7.68. The third-order valence-corrected chi connectivity index (χ3v) is 3.91. The topological polar surface area (TPSA) is 78.4 Å². The first-order valence-electron chi connectivity index (χ1n) is 7.41. The van der Waals surface area contributed by atoms with Crippen LogP contribution in [-0.4, -0.2) is 30.1 Å². The van der Waals surface area contributed by atoms with E-state index in [1.54, 1.807) is 6.92 Å². The smallest absolute Gasteiger partial charge is 0.306 e. The van der Waals surface area contributed by atoms with E-state index in [9.17, 15) is 9.59 Å². The van der Waals surface area contributed by atoms with Crippen LogP contribution >= 0.6 is 0 Å². The van der Waals surface area contributed by atoms with Crippen molar-refractivity contribution in [3.63, 3.8) is 0 Å². The SMILES string of the molecule is CC(CCCNC(=O)C1NCCc2ccccc21)C(=O)O. The fourth-order valence-corrected chi connectivity index (χ4v) is 2.58. The highest BCUT2D eigenvalue weighted by Crippen LogP contribution is 2.22. The third kappa shape index (κ3) is 4.04. The molecule has 5 nitrogen and oxygen atoms in total. The summed E-state index contributed by atoms with van der Waals surface area (Å²) in [7, 11) is 0. The van der Waals surface area contributed by atoms with Crippen molar-refractivity contribution in [1.82, 2.24) is 10.6 Å². The molecule has 5 heteroatoms. The van der Waals surface area contributed by atoms with E-state index in [1.165, 1.54) is 5.56 Å². The van der Waals surface area contributed by atoms with E-state index in [1.807, 2.05) is 18.2 Å². The Morgan fingerprint density at radius 2 is 2.19 bits per heavy atom. The zero-order valence-electron chi connectivity index (χ0n) is 12.3. The second kappa shape index (κ2) is 7.22. The minimum Gasteiger partial charge on any atom is -0.481 e. The molecule has 1 aromatic rings. The maximum absolute atomic E-state index is 12.2. The van der Waals surface area contributed by atoms with Gasteiger partial charge in [-0.05, 0) is 30.4 Å². The van der Waals surface area contributed by atoms with Crippen molar-refractivity contribution < 1.29 is 14.7 Å². The van der Waals surface area contributed by atoms with Gasteiger partial charge in [0.25, 0.3) is 0 Å². The predicted octanol–water partition coefficient (Wildman–Crippen LogP) is 1.49. The van der Waals surface area contributed by atoms with Crippen LogP contribution in [0.15, 0.2) is 24.3 Å². The fraction of sp³-hybridized carbons (Fsp3) is 0.500. The molecule has 2 rings (SSSR count). The van der Waals surface area contributed by atoms with Crippen LogP contribution in [0.2, 0.25) is 0 Å². The number of hydrogen-bond donors (Lipinski definition) is 3. The van der Waals surface area contributed by atoms with Crippen molar-refractivity contribution in [3.05, 3.63) is 35.4 Å². The number of nitrogens with one attached hydrogen (secondary N) is 2. The summed E-state index contributed by atoms with van der Waals surface area (Å²) in [6.07, 6.45) is 2.19. The Kier molecular flexibility index (Phi) is 5.33. The average molecular weight is 290 g/mol. The number of carbonyl (C=O) groups is 2. The van der Waals surface area contributed by atoms with Gasteiger partial charge in [0.1, 0.15) is 6.04 Å².